The molecule has 2 aromatic rings. The minimum Gasteiger partial charge on any atom is -0.462 e. The van der Waals surface area contributed by atoms with Crippen molar-refractivity contribution in [2.75, 3.05) is 17.7 Å². The monoisotopic (exact) mass is 278 g/mol. The smallest absolute Gasteiger partial charge is 0.340 e. The van der Waals surface area contributed by atoms with Gasteiger partial charge in [-0.2, -0.15) is 0 Å². The standard InChI is InChI=1S/C12H14N4O2S/c1-2-18-12(17)8-5-10(15-6-9(8)13)16-7-11-14-3-4-19-11/h3-6H,2,7,13H2,1H3,(H,15,16). The second-order valence-corrected chi connectivity index (χ2v) is 4.64. The van der Waals surface area contributed by atoms with Crippen LogP contribution in [0.25, 0.3) is 0 Å². The van der Waals surface area contributed by atoms with E-state index in [0.29, 0.717) is 30.2 Å². The van der Waals surface area contributed by atoms with Crippen LogP contribution in [0.4, 0.5) is 11.5 Å². The number of aromatic nitrogens is 2. The number of nitrogens with zero attached hydrogens (tertiary/aromatic N) is 2. The number of hydrogen-bond acceptors (Lipinski definition) is 7. The number of carbonyl (C=O) groups excluding carboxylic acids is 1. The molecule has 2 aromatic heterocycles. The van der Waals surface area contributed by atoms with Gasteiger partial charge in [0.25, 0.3) is 0 Å². The molecule has 0 fully saturated rings. The number of ether oxygens (including phenoxy) is 1. The highest BCUT2D eigenvalue weighted by Crippen LogP contribution is 2.17. The fourth-order valence-electron chi connectivity index (χ4n) is 1.45. The largest absolute Gasteiger partial charge is 0.462 e. The molecular weight excluding hydrogens is 264 g/mol. The molecule has 19 heavy (non-hydrogen) atoms. The fourth-order valence-corrected chi connectivity index (χ4v) is 2.01. The van der Waals surface area contributed by atoms with Gasteiger partial charge in [-0.05, 0) is 13.0 Å². The number of anilines is 2. The SMILES string of the molecule is CCOC(=O)c1cc(NCc2nccs2)ncc1N. The van der Waals surface area contributed by atoms with Crippen LogP contribution in [0.5, 0.6) is 0 Å². The Balaban J connectivity index is 2.09. The molecule has 0 aliphatic rings. The van der Waals surface area contributed by atoms with Gasteiger partial charge in [0.05, 0.1) is 30.6 Å². The average Bonchev–Trinajstić information content (AvgIpc) is 2.91. The van der Waals surface area contributed by atoms with E-state index in [4.69, 9.17) is 10.5 Å². The molecule has 0 saturated carbocycles. The molecule has 0 aromatic carbocycles. The third-order valence-electron chi connectivity index (χ3n) is 2.33. The van der Waals surface area contributed by atoms with Crippen molar-refractivity contribution in [3.05, 3.63) is 34.4 Å². The van der Waals surface area contributed by atoms with Crippen molar-refractivity contribution < 1.29 is 9.53 Å². The van der Waals surface area contributed by atoms with Crippen molar-refractivity contribution in [1.82, 2.24) is 9.97 Å². The Kier molecular flexibility index (Phi) is 4.30. The lowest BCUT2D eigenvalue weighted by Gasteiger charge is -2.08. The van der Waals surface area contributed by atoms with E-state index in [0.717, 1.165) is 5.01 Å². The maximum Gasteiger partial charge on any atom is 0.340 e. The minimum atomic E-state index is -0.445. The molecule has 2 rings (SSSR count). The molecule has 2 heterocycles. The Labute approximate surface area is 114 Å². The lowest BCUT2D eigenvalue weighted by molar-refractivity contribution is 0.0527. The van der Waals surface area contributed by atoms with Crippen LogP contribution in [0, 0.1) is 0 Å². The molecule has 100 valence electrons. The van der Waals surface area contributed by atoms with E-state index in [2.05, 4.69) is 15.3 Å². The zero-order chi connectivity index (χ0) is 13.7. The number of pyridine rings is 1. The Morgan fingerprint density at radius 2 is 2.37 bits per heavy atom. The number of carbonyl (C=O) groups is 1. The van der Waals surface area contributed by atoms with Crippen LogP contribution >= 0.6 is 11.3 Å². The Bertz CT molecular complexity index is 557. The molecule has 0 radical (unpaired) electrons. The summed E-state index contributed by atoms with van der Waals surface area (Å²) in [7, 11) is 0. The average molecular weight is 278 g/mol. The van der Waals surface area contributed by atoms with E-state index in [1.54, 1.807) is 30.5 Å². The minimum absolute atomic E-state index is 0.304. The first kappa shape index (κ1) is 13.3. The van der Waals surface area contributed by atoms with Gasteiger partial charge in [0.1, 0.15) is 10.8 Å². The molecule has 0 aliphatic heterocycles. The summed E-state index contributed by atoms with van der Waals surface area (Å²) >= 11 is 1.55. The van der Waals surface area contributed by atoms with Crippen LogP contribution in [0.15, 0.2) is 23.8 Å². The first-order valence-corrected chi connectivity index (χ1v) is 6.63. The highest BCUT2D eigenvalue weighted by Gasteiger charge is 2.12. The second-order valence-electron chi connectivity index (χ2n) is 3.66. The van der Waals surface area contributed by atoms with Crippen molar-refractivity contribution in [2.45, 2.75) is 13.5 Å². The van der Waals surface area contributed by atoms with E-state index in [-0.39, 0.29) is 0 Å². The second kappa shape index (κ2) is 6.14. The van der Waals surface area contributed by atoms with Crippen molar-refractivity contribution >= 4 is 28.8 Å². The Morgan fingerprint density at radius 1 is 1.53 bits per heavy atom. The topological polar surface area (TPSA) is 90.1 Å². The molecule has 0 atom stereocenters. The van der Waals surface area contributed by atoms with Crippen molar-refractivity contribution in [3.8, 4) is 0 Å². The molecular formula is C12H14N4O2S. The van der Waals surface area contributed by atoms with Crippen LogP contribution < -0.4 is 11.1 Å². The highest BCUT2D eigenvalue weighted by molar-refractivity contribution is 7.09. The van der Waals surface area contributed by atoms with Gasteiger partial charge in [-0.3, -0.25) is 0 Å². The van der Waals surface area contributed by atoms with Gasteiger partial charge in [-0.1, -0.05) is 0 Å². The maximum absolute atomic E-state index is 11.7. The number of esters is 1. The zero-order valence-electron chi connectivity index (χ0n) is 10.4. The molecule has 3 N–H and O–H groups in total. The van der Waals surface area contributed by atoms with E-state index >= 15 is 0 Å². The Morgan fingerprint density at radius 3 is 3.05 bits per heavy atom. The van der Waals surface area contributed by atoms with Crippen LogP contribution in [0.3, 0.4) is 0 Å². The molecule has 0 spiro atoms. The highest BCUT2D eigenvalue weighted by atomic mass is 32.1. The number of hydrogen-bond donors (Lipinski definition) is 2. The summed E-state index contributed by atoms with van der Waals surface area (Å²) in [6.45, 7) is 2.61. The summed E-state index contributed by atoms with van der Waals surface area (Å²) in [5.74, 6) is 0.118. The third kappa shape index (κ3) is 3.41. The van der Waals surface area contributed by atoms with E-state index in [1.165, 1.54) is 6.20 Å². The summed E-state index contributed by atoms with van der Waals surface area (Å²) in [5, 5.41) is 5.93. The van der Waals surface area contributed by atoms with E-state index in [9.17, 15) is 4.79 Å². The van der Waals surface area contributed by atoms with E-state index in [1.807, 2.05) is 5.38 Å². The fraction of sp³-hybridized carbons (Fsp3) is 0.250. The summed E-state index contributed by atoms with van der Waals surface area (Å²) < 4.78 is 4.93. The first-order chi connectivity index (χ1) is 9.20. The number of thiazole rings is 1. The molecule has 0 unspecified atom stereocenters. The molecule has 0 amide bonds. The summed E-state index contributed by atoms with van der Waals surface area (Å²) in [6.07, 6.45) is 3.18. The van der Waals surface area contributed by atoms with Crippen LogP contribution in [0.2, 0.25) is 0 Å². The molecule has 0 aliphatic carbocycles. The number of nitrogen functional groups attached to an aromatic ring is 1. The van der Waals surface area contributed by atoms with Crippen molar-refractivity contribution in [2.24, 2.45) is 0 Å². The lowest BCUT2D eigenvalue weighted by atomic mass is 10.2. The normalized spacial score (nSPS) is 10.2. The van der Waals surface area contributed by atoms with E-state index < -0.39 is 5.97 Å². The molecule has 0 saturated heterocycles. The van der Waals surface area contributed by atoms with Crippen LogP contribution in [0.1, 0.15) is 22.3 Å². The van der Waals surface area contributed by atoms with Crippen LogP contribution in [-0.4, -0.2) is 22.5 Å². The van der Waals surface area contributed by atoms with Gasteiger partial charge < -0.3 is 15.8 Å². The predicted molar refractivity (Wildman–Crippen MR) is 74.0 cm³/mol. The van der Waals surface area contributed by atoms with Crippen molar-refractivity contribution in [3.63, 3.8) is 0 Å². The lowest BCUT2D eigenvalue weighted by Crippen LogP contribution is -2.10. The summed E-state index contributed by atoms with van der Waals surface area (Å²) in [4.78, 5) is 19.9. The third-order valence-corrected chi connectivity index (χ3v) is 3.11. The van der Waals surface area contributed by atoms with Gasteiger partial charge in [0.15, 0.2) is 0 Å². The van der Waals surface area contributed by atoms with Gasteiger partial charge in [0.2, 0.25) is 0 Å². The number of nitrogens with one attached hydrogen (secondary N) is 1. The molecule has 7 heteroatoms. The van der Waals surface area contributed by atoms with Gasteiger partial charge in [0, 0.05) is 11.6 Å². The van der Waals surface area contributed by atoms with Gasteiger partial charge >= 0.3 is 5.97 Å². The molecule has 6 nitrogen and oxygen atoms in total. The summed E-state index contributed by atoms with van der Waals surface area (Å²) in [6, 6.07) is 1.58. The number of rotatable bonds is 5. The first-order valence-electron chi connectivity index (χ1n) is 5.75. The Hall–Kier alpha value is -2.15. The maximum atomic E-state index is 11.7. The quantitative estimate of drug-likeness (QED) is 0.812. The molecule has 0 bridgehead atoms. The van der Waals surface area contributed by atoms with Crippen molar-refractivity contribution in [1.29, 1.82) is 0 Å². The number of nitrogens with two attached hydrogens (primary N) is 1. The summed E-state index contributed by atoms with van der Waals surface area (Å²) in [5.41, 5.74) is 6.33. The van der Waals surface area contributed by atoms with Gasteiger partial charge in [-0.15, -0.1) is 11.3 Å². The van der Waals surface area contributed by atoms with Gasteiger partial charge in [-0.25, -0.2) is 14.8 Å². The predicted octanol–water partition coefficient (Wildman–Crippen LogP) is 1.91. The zero-order valence-corrected chi connectivity index (χ0v) is 11.2. The van der Waals surface area contributed by atoms with Crippen LogP contribution in [-0.2, 0) is 11.3 Å².